The monoisotopic (exact) mass is 375 g/mol. The Morgan fingerprint density at radius 3 is 2.73 bits per heavy atom. The first-order valence-corrected chi connectivity index (χ1v) is 12.2. The minimum Gasteiger partial charge on any atom is -0.447 e. The van der Waals surface area contributed by atoms with Gasteiger partial charge in [-0.2, -0.15) is 0 Å². The third-order valence-electron chi connectivity index (χ3n) is 4.46. The maximum absolute atomic E-state index is 12.8. The second kappa shape index (κ2) is 9.14. The van der Waals surface area contributed by atoms with Gasteiger partial charge in [-0.05, 0) is 38.4 Å². The quantitative estimate of drug-likeness (QED) is 0.646. The van der Waals surface area contributed by atoms with E-state index in [1.807, 2.05) is 50.3 Å². The molecule has 142 valence electrons. The number of cyclic esters (lactones) is 1. The summed E-state index contributed by atoms with van der Waals surface area (Å²) in [6.45, 7) is 9.03. The molecule has 6 heteroatoms. The molecule has 0 bridgehead atoms. The number of benzene rings is 1. The number of rotatable bonds is 8. The molecule has 1 fully saturated rings. The molecule has 0 spiro atoms. The third kappa shape index (κ3) is 5.54. The Morgan fingerprint density at radius 1 is 1.38 bits per heavy atom. The number of hydrogen-bond acceptors (Lipinski definition) is 4. The lowest BCUT2D eigenvalue weighted by Crippen LogP contribution is -2.43. The van der Waals surface area contributed by atoms with E-state index in [1.165, 1.54) is 4.90 Å². The fourth-order valence-corrected chi connectivity index (χ4v) is 4.63. The van der Waals surface area contributed by atoms with Crippen LogP contribution in [0.25, 0.3) is 0 Å². The SMILES string of the molecule is CCO[Si](C)(C)/C=C/C[C@@H](C)C(=O)N1C(=O)OC[C@@H]1Cc1ccccc1. The second-order valence-electron chi connectivity index (χ2n) is 7.20. The summed E-state index contributed by atoms with van der Waals surface area (Å²) in [7, 11) is -1.81. The minimum atomic E-state index is -1.81. The van der Waals surface area contributed by atoms with Gasteiger partial charge in [0.15, 0.2) is 0 Å². The van der Waals surface area contributed by atoms with Crippen molar-refractivity contribution in [3.05, 3.63) is 47.7 Å². The Balaban J connectivity index is 1.98. The van der Waals surface area contributed by atoms with E-state index >= 15 is 0 Å². The van der Waals surface area contributed by atoms with E-state index in [0.29, 0.717) is 19.4 Å². The van der Waals surface area contributed by atoms with Crippen molar-refractivity contribution in [2.75, 3.05) is 13.2 Å². The van der Waals surface area contributed by atoms with Crippen LogP contribution >= 0.6 is 0 Å². The zero-order valence-electron chi connectivity index (χ0n) is 16.1. The van der Waals surface area contributed by atoms with Crippen LogP contribution in [0.4, 0.5) is 4.79 Å². The highest BCUT2D eigenvalue weighted by atomic mass is 28.4. The first-order valence-electron chi connectivity index (χ1n) is 9.19. The molecule has 0 N–H and O–H groups in total. The molecule has 1 aromatic carbocycles. The zero-order chi connectivity index (χ0) is 19.2. The van der Waals surface area contributed by atoms with Crippen LogP contribution < -0.4 is 0 Å². The van der Waals surface area contributed by atoms with Gasteiger partial charge in [-0.25, -0.2) is 9.69 Å². The van der Waals surface area contributed by atoms with Gasteiger partial charge in [-0.15, -0.1) is 0 Å². The largest absolute Gasteiger partial charge is 0.447 e. The molecule has 0 unspecified atom stereocenters. The summed E-state index contributed by atoms with van der Waals surface area (Å²) in [4.78, 5) is 26.2. The van der Waals surface area contributed by atoms with Crippen molar-refractivity contribution in [1.82, 2.24) is 4.90 Å². The molecule has 2 amide bonds. The predicted molar refractivity (Wildman–Crippen MR) is 104 cm³/mol. The minimum absolute atomic E-state index is 0.172. The standard InChI is InChI=1S/C20H29NO4Si/c1-5-25-26(3,4)13-9-10-16(2)19(22)21-18(15-24-20(21)23)14-17-11-7-6-8-12-17/h6-9,11-13,16,18H,5,10,14-15H2,1-4H3/b13-9+/t16-,18+/m1/s1. The van der Waals surface area contributed by atoms with Crippen molar-refractivity contribution >= 4 is 20.3 Å². The summed E-state index contributed by atoms with van der Waals surface area (Å²) in [5.74, 6) is -0.449. The summed E-state index contributed by atoms with van der Waals surface area (Å²) >= 11 is 0. The number of hydrogen-bond donors (Lipinski definition) is 0. The number of nitrogens with zero attached hydrogens (tertiary/aromatic N) is 1. The number of carbonyl (C=O) groups is 2. The average molecular weight is 376 g/mol. The zero-order valence-corrected chi connectivity index (χ0v) is 17.1. The summed E-state index contributed by atoms with van der Waals surface area (Å²) in [6, 6.07) is 9.62. The molecule has 0 radical (unpaired) electrons. The maximum atomic E-state index is 12.8. The van der Waals surface area contributed by atoms with Gasteiger partial charge < -0.3 is 9.16 Å². The summed E-state index contributed by atoms with van der Waals surface area (Å²) in [5, 5.41) is 0. The van der Waals surface area contributed by atoms with Crippen molar-refractivity contribution in [1.29, 1.82) is 0 Å². The van der Waals surface area contributed by atoms with Gasteiger partial charge in [0.2, 0.25) is 14.2 Å². The number of amides is 2. The Labute approximate surface area is 157 Å². The molecule has 1 aliphatic heterocycles. The lowest BCUT2D eigenvalue weighted by atomic mass is 10.0. The highest BCUT2D eigenvalue weighted by Crippen LogP contribution is 2.21. The fourth-order valence-electron chi connectivity index (χ4n) is 3.08. The molecule has 0 saturated carbocycles. The molecule has 0 aliphatic carbocycles. The number of carbonyl (C=O) groups excluding carboxylic acids is 2. The van der Waals surface area contributed by atoms with E-state index in [1.54, 1.807) is 0 Å². The molecule has 5 nitrogen and oxygen atoms in total. The van der Waals surface area contributed by atoms with Crippen LogP contribution in [0, 0.1) is 5.92 Å². The van der Waals surface area contributed by atoms with E-state index in [4.69, 9.17) is 9.16 Å². The van der Waals surface area contributed by atoms with E-state index in [0.717, 1.165) is 5.56 Å². The van der Waals surface area contributed by atoms with Gasteiger partial charge in [-0.1, -0.05) is 49.0 Å². The van der Waals surface area contributed by atoms with Gasteiger partial charge in [0.1, 0.15) is 6.61 Å². The van der Waals surface area contributed by atoms with Crippen LogP contribution in [0.2, 0.25) is 13.1 Å². The van der Waals surface area contributed by atoms with E-state index in [9.17, 15) is 9.59 Å². The summed E-state index contributed by atoms with van der Waals surface area (Å²) in [6.07, 6.45) is 2.68. The molecule has 26 heavy (non-hydrogen) atoms. The van der Waals surface area contributed by atoms with Crippen molar-refractivity contribution in [2.45, 2.75) is 45.8 Å². The van der Waals surface area contributed by atoms with Crippen LogP contribution in [0.5, 0.6) is 0 Å². The van der Waals surface area contributed by atoms with Crippen molar-refractivity contribution in [3.8, 4) is 0 Å². The maximum Gasteiger partial charge on any atom is 0.416 e. The van der Waals surface area contributed by atoms with Gasteiger partial charge >= 0.3 is 6.09 Å². The van der Waals surface area contributed by atoms with E-state index < -0.39 is 14.4 Å². The number of imide groups is 1. The molecule has 1 aromatic rings. The average Bonchev–Trinajstić information content (AvgIpc) is 2.95. The lowest BCUT2D eigenvalue weighted by molar-refractivity contribution is -0.132. The van der Waals surface area contributed by atoms with Crippen LogP contribution in [-0.4, -0.2) is 44.5 Å². The Kier molecular flexibility index (Phi) is 7.17. The molecule has 1 aliphatic rings. The first kappa shape index (κ1) is 20.4. The second-order valence-corrected chi connectivity index (χ2v) is 11.0. The van der Waals surface area contributed by atoms with E-state index in [-0.39, 0.29) is 24.5 Å². The van der Waals surface area contributed by atoms with Crippen LogP contribution in [0.1, 0.15) is 25.8 Å². The molecule has 1 heterocycles. The Bertz CT molecular complexity index is 644. The van der Waals surface area contributed by atoms with Gasteiger partial charge in [0.25, 0.3) is 0 Å². The van der Waals surface area contributed by atoms with Crippen LogP contribution in [-0.2, 0) is 20.4 Å². The normalized spacial score (nSPS) is 19.0. The number of allylic oxidation sites excluding steroid dienone is 1. The molecule has 0 aromatic heterocycles. The molecule has 1 saturated heterocycles. The highest BCUT2D eigenvalue weighted by molar-refractivity contribution is 6.76. The molecular formula is C20H29NO4Si. The first-order chi connectivity index (χ1) is 12.3. The number of ether oxygens (including phenoxy) is 1. The van der Waals surface area contributed by atoms with Crippen LogP contribution in [0.3, 0.4) is 0 Å². The van der Waals surface area contributed by atoms with Crippen molar-refractivity contribution < 1.29 is 18.8 Å². The molecule has 2 atom stereocenters. The van der Waals surface area contributed by atoms with Crippen LogP contribution in [0.15, 0.2) is 42.1 Å². The van der Waals surface area contributed by atoms with Crippen molar-refractivity contribution in [3.63, 3.8) is 0 Å². The van der Waals surface area contributed by atoms with Gasteiger partial charge in [0, 0.05) is 12.5 Å². The van der Waals surface area contributed by atoms with Gasteiger partial charge in [-0.3, -0.25) is 4.79 Å². The smallest absolute Gasteiger partial charge is 0.416 e. The molecular weight excluding hydrogens is 346 g/mol. The third-order valence-corrected chi connectivity index (χ3v) is 6.53. The lowest BCUT2D eigenvalue weighted by Gasteiger charge is -2.23. The van der Waals surface area contributed by atoms with E-state index in [2.05, 4.69) is 18.8 Å². The Hall–Kier alpha value is -1.92. The highest BCUT2D eigenvalue weighted by Gasteiger charge is 2.39. The predicted octanol–water partition coefficient (Wildman–Crippen LogP) is 3.94. The van der Waals surface area contributed by atoms with Gasteiger partial charge in [0.05, 0.1) is 6.04 Å². The summed E-state index contributed by atoms with van der Waals surface area (Å²) < 4.78 is 10.9. The molecule has 2 rings (SSSR count). The Morgan fingerprint density at radius 2 is 2.08 bits per heavy atom. The van der Waals surface area contributed by atoms with Crippen molar-refractivity contribution in [2.24, 2.45) is 5.92 Å². The fraction of sp³-hybridized carbons (Fsp3) is 0.500. The summed E-state index contributed by atoms with van der Waals surface area (Å²) in [5.41, 5.74) is 3.19. The topological polar surface area (TPSA) is 55.8 Å².